The second-order valence-electron chi connectivity index (χ2n) is 8.61. The van der Waals surface area contributed by atoms with Crippen LogP contribution in [0.4, 0.5) is 9.59 Å². The van der Waals surface area contributed by atoms with Crippen molar-refractivity contribution in [3.63, 3.8) is 0 Å². The molecule has 0 bridgehead atoms. The molecule has 0 aromatic heterocycles. The summed E-state index contributed by atoms with van der Waals surface area (Å²) in [4.78, 5) is 51.8. The Hall–Kier alpha value is -4.34. The van der Waals surface area contributed by atoms with E-state index in [-0.39, 0.29) is 25.3 Å². The predicted molar refractivity (Wildman–Crippen MR) is 143 cm³/mol. The van der Waals surface area contributed by atoms with Crippen LogP contribution in [0.5, 0.6) is 0 Å². The van der Waals surface area contributed by atoms with Gasteiger partial charge in [-0.25, -0.2) is 19.2 Å². The second kappa shape index (κ2) is 15.7. The Morgan fingerprint density at radius 3 is 1.34 bits per heavy atom. The molecule has 0 aliphatic carbocycles. The van der Waals surface area contributed by atoms with Gasteiger partial charge in [0.15, 0.2) is 0 Å². The van der Waals surface area contributed by atoms with E-state index in [1.807, 2.05) is 60.7 Å². The molecular weight excluding hydrogens is 488 g/mol. The number of likely N-dealkylation sites (N-methyl/N-ethyl adjacent to an activating group) is 2. The zero-order valence-electron chi connectivity index (χ0n) is 22.3. The second-order valence-corrected chi connectivity index (χ2v) is 8.61. The van der Waals surface area contributed by atoms with Crippen LogP contribution in [0.3, 0.4) is 0 Å². The van der Waals surface area contributed by atoms with Gasteiger partial charge in [0.05, 0.1) is 12.1 Å². The summed E-state index contributed by atoms with van der Waals surface area (Å²) in [5, 5.41) is 5.12. The number of hydrogen-bond donors (Lipinski definition) is 2. The fraction of sp³-hybridized carbons (Fsp3) is 0.357. The largest absolute Gasteiger partial charge is 0.460 e. The lowest BCUT2D eigenvalue weighted by Crippen LogP contribution is -2.46. The van der Waals surface area contributed by atoms with Crippen molar-refractivity contribution in [2.75, 3.05) is 41.4 Å². The number of urea groups is 2. The Balaban J connectivity index is 1.93. The lowest BCUT2D eigenvalue weighted by Gasteiger charge is -2.27. The summed E-state index contributed by atoms with van der Waals surface area (Å²) in [6.45, 7) is -0.125. The molecule has 10 heteroatoms. The molecule has 38 heavy (non-hydrogen) atoms. The van der Waals surface area contributed by atoms with Crippen LogP contribution in [0.1, 0.15) is 11.1 Å². The van der Waals surface area contributed by atoms with Crippen molar-refractivity contribution in [2.24, 2.45) is 0 Å². The van der Waals surface area contributed by atoms with Gasteiger partial charge in [-0.3, -0.25) is 0 Å². The Morgan fingerprint density at radius 2 is 1.03 bits per heavy atom. The topological polar surface area (TPSA) is 117 Å². The molecule has 204 valence electrons. The SMILES string of the molecule is CNC(=O)N(C)[C@@H](COC(=O)/C=C/C(=O)OC[C@@H](Cc1ccccc1)N(C)C(=O)NC)Cc1ccccc1. The normalized spacial score (nSPS) is 12.2. The third kappa shape index (κ3) is 9.96. The molecule has 0 fully saturated rings. The lowest BCUT2D eigenvalue weighted by atomic mass is 10.1. The van der Waals surface area contributed by atoms with Gasteiger partial charge in [-0.2, -0.15) is 0 Å². The first-order valence-corrected chi connectivity index (χ1v) is 12.2. The van der Waals surface area contributed by atoms with Crippen LogP contribution in [0.2, 0.25) is 0 Å². The molecule has 0 radical (unpaired) electrons. The Bertz CT molecular complexity index is 992. The van der Waals surface area contributed by atoms with Gasteiger partial charge in [-0.05, 0) is 24.0 Å². The van der Waals surface area contributed by atoms with Crippen molar-refractivity contribution in [2.45, 2.75) is 24.9 Å². The molecule has 0 spiro atoms. The molecule has 2 rings (SSSR count). The monoisotopic (exact) mass is 524 g/mol. The van der Waals surface area contributed by atoms with Gasteiger partial charge in [0.2, 0.25) is 0 Å². The summed E-state index contributed by atoms with van der Waals surface area (Å²) in [6.07, 6.45) is 2.92. The number of benzene rings is 2. The third-order valence-corrected chi connectivity index (χ3v) is 5.98. The number of amides is 4. The highest BCUT2D eigenvalue weighted by Crippen LogP contribution is 2.11. The van der Waals surface area contributed by atoms with Crippen LogP contribution in [0.25, 0.3) is 0 Å². The van der Waals surface area contributed by atoms with Crippen LogP contribution < -0.4 is 10.6 Å². The molecule has 10 nitrogen and oxygen atoms in total. The van der Waals surface area contributed by atoms with Gasteiger partial charge in [0, 0.05) is 40.3 Å². The van der Waals surface area contributed by atoms with Crippen molar-refractivity contribution in [3.05, 3.63) is 83.9 Å². The van der Waals surface area contributed by atoms with E-state index in [0.29, 0.717) is 12.8 Å². The Kier molecular flexibility index (Phi) is 12.4. The Labute approximate surface area is 223 Å². The molecule has 2 atom stereocenters. The van der Waals surface area contributed by atoms with E-state index in [4.69, 9.17) is 9.47 Å². The highest BCUT2D eigenvalue weighted by molar-refractivity contribution is 5.91. The van der Waals surface area contributed by atoms with E-state index < -0.39 is 24.0 Å². The van der Waals surface area contributed by atoms with E-state index >= 15 is 0 Å². The number of esters is 2. The number of nitrogens with one attached hydrogen (secondary N) is 2. The van der Waals surface area contributed by atoms with Gasteiger partial charge in [-0.1, -0.05) is 60.7 Å². The molecule has 0 unspecified atom stereocenters. The van der Waals surface area contributed by atoms with Crippen molar-refractivity contribution in [1.82, 2.24) is 20.4 Å². The third-order valence-electron chi connectivity index (χ3n) is 5.98. The summed E-state index contributed by atoms with van der Waals surface area (Å²) in [5.74, 6) is -1.48. The zero-order valence-corrected chi connectivity index (χ0v) is 22.3. The predicted octanol–water partition coefficient (Wildman–Crippen LogP) is 2.39. The van der Waals surface area contributed by atoms with Crippen LogP contribution >= 0.6 is 0 Å². The molecule has 2 aromatic rings. The first kappa shape index (κ1) is 29.9. The molecule has 4 amide bonds. The molecule has 0 aliphatic rings. The van der Waals surface area contributed by atoms with Crippen LogP contribution in [0, 0.1) is 0 Å². The van der Waals surface area contributed by atoms with Crippen LogP contribution in [0.15, 0.2) is 72.8 Å². The number of hydrogen-bond acceptors (Lipinski definition) is 6. The molecule has 2 aromatic carbocycles. The smallest absolute Gasteiger partial charge is 0.331 e. The van der Waals surface area contributed by atoms with Gasteiger partial charge < -0.3 is 29.9 Å². The summed E-state index contributed by atoms with van der Waals surface area (Å²) in [7, 11) is 6.29. The summed E-state index contributed by atoms with van der Waals surface area (Å²) in [5.41, 5.74) is 1.96. The fourth-order valence-corrected chi connectivity index (χ4v) is 3.66. The number of carbonyl (C=O) groups is 4. The average molecular weight is 525 g/mol. The summed E-state index contributed by atoms with van der Waals surface area (Å²) >= 11 is 0. The highest BCUT2D eigenvalue weighted by atomic mass is 16.5. The van der Waals surface area contributed by atoms with Crippen LogP contribution in [-0.4, -0.2) is 87.3 Å². The first-order valence-electron chi connectivity index (χ1n) is 12.2. The maximum Gasteiger partial charge on any atom is 0.331 e. The minimum atomic E-state index is -0.742. The minimum absolute atomic E-state index is 0.0624. The van der Waals surface area contributed by atoms with Gasteiger partial charge >= 0.3 is 24.0 Å². The number of carbonyl (C=O) groups excluding carboxylic acids is 4. The van der Waals surface area contributed by atoms with E-state index in [1.165, 1.54) is 23.9 Å². The maximum atomic E-state index is 12.3. The number of ether oxygens (including phenoxy) is 2. The summed E-state index contributed by atoms with van der Waals surface area (Å²) in [6, 6.07) is 17.6. The maximum absolute atomic E-state index is 12.3. The van der Waals surface area contributed by atoms with E-state index in [1.54, 1.807) is 14.1 Å². The number of nitrogens with zero attached hydrogens (tertiary/aromatic N) is 2. The molecular formula is C28H36N4O6. The van der Waals surface area contributed by atoms with Crippen molar-refractivity contribution >= 4 is 24.0 Å². The lowest BCUT2D eigenvalue weighted by molar-refractivity contribution is -0.141. The number of rotatable bonds is 12. The van der Waals surface area contributed by atoms with Gasteiger partial charge in [-0.15, -0.1) is 0 Å². The van der Waals surface area contributed by atoms with Gasteiger partial charge in [0.25, 0.3) is 0 Å². The molecule has 0 saturated heterocycles. The first-order chi connectivity index (χ1) is 18.2. The fourth-order valence-electron chi connectivity index (χ4n) is 3.66. The molecule has 0 heterocycles. The molecule has 0 aliphatic heterocycles. The van der Waals surface area contributed by atoms with Crippen molar-refractivity contribution < 1.29 is 28.7 Å². The average Bonchev–Trinajstić information content (AvgIpc) is 2.95. The van der Waals surface area contributed by atoms with Crippen molar-refractivity contribution in [3.8, 4) is 0 Å². The van der Waals surface area contributed by atoms with Gasteiger partial charge in [0.1, 0.15) is 13.2 Å². The molecule has 2 N–H and O–H groups in total. The quantitative estimate of drug-likeness (QED) is 0.325. The van der Waals surface area contributed by atoms with E-state index in [2.05, 4.69) is 10.6 Å². The highest BCUT2D eigenvalue weighted by Gasteiger charge is 2.22. The Morgan fingerprint density at radius 1 is 0.684 bits per heavy atom. The standard InChI is InChI=1S/C28H36N4O6/c1-29-27(35)31(3)23(17-21-11-7-5-8-12-21)19-37-25(33)15-16-26(34)38-20-24(32(4)28(36)30-2)18-22-13-9-6-10-14-22/h5-16,23-24H,17-20H2,1-4H3,(H,29,35)(H,30,36)/b16-15+/t23-,24-/m1/s1. The minimum Gasteiger partial charge on any atom is -0.460 e. The van der Waals surface area contributed by atoms with E-state index in [0.717, 1.165) is 23.3 Å². The van der Waals surface area contributed by atoms with E-state index in [9.17, 15) is 19.2 Å². The summed E-state index contributed by atoms with van der Waals surface area (Å²) < 4.78 is 10.6. The molecule has 0 saturated carbocycles. The van der Waals surface area contributed by atoms with Crippen LogP contribution in [-0.2, 0) is 31.9 Å². The van der Waals surface area contributed by atoms with Crippen molar-refractivity contribution in [1.29, 1.82) is 0 Å². The zero-order chi connectivity index (χ0) is 27.9.